The van der Waals surface area contributed by atoms with Crippen molar-refractivity contribution in [2.75, 3.05) is 7.11 Å². The summed E-state index contributed by atoms with van der Waals surface area (Å²) in [7, 11) is 1.22. The van der Waals surface area contributed by atoms with Crippen molar-refractivity contribution in [3.63, 3.8) is 0 Å². The number of carbonyl (C=O) groups is 2. The molecule has 0 fully saturated rings. The molecule has 0 saturated carbocycles. The molecule has 5 heteroatoms. The van der Waals surface area contributed by atoms with Gasteiger partial charge in [-0.25, -0.2) is 4.79 Å². The van der Waals surface area contributed by atoms with Gasteiger partial charge in [0.1, 0.15) is 6.10 Å². The lowest BCUT2D eigenvalue weighted by Crippen LogP contribution is -2.45. The summed E-state index contributed by atoms with van der Waals surface area (Å²) in [5.74, 6) is -1.15. The Labute approximate surface area is 134 Å². The highest BCUT2D eigenvalue weighted by Crippen LogP contribution is 2.21. The van der Waals surface area contributed by atoms with Crippen molar-refractivity contribution in [1.82, 2.24) is 5.32 Å². The minimum atomic E-state index is -1.20. The van der Waals surface area contributed by atoms with E-state index in [0.717, 1.165) is 5.56 Å². The SMILES string of the molecule is COC(=O)[C@@H](NC(=O)c1ccccc1)[C@@H](O)c1ccccc1C. The molecule has 0 unspecified atom stereocenters. The van der Waals surface area contributed by atoms with Crippen LogP contribution in [0.25, 0.3) is 0 Å². The van der Waals surface area contributed by atoms with Crippen molar-refractivity contribution >= 4 is 11.9 Å². The van der Waals surface area contributed by atoms with E-state index in [0.29, 0.717) is 11.1 Å². The van der Waals surface area contributed by atoms with Gasteiger partial charge < -0.3 is 15.2 Å². The zero-order valence-corrected chi connectivity index (χ0v) is 13.0. The van der Waals surface area contributed by atoms with Gasteiger partial charge in [0.15, 0.2) is 6.04 Å². The Morgan fingerprint density at radius 1 is 1.04 bits per heavy atom. The molecule has 2 rings (SSSR count). The summed E-state index contributed by atoms with van der Waals surface area (Å²) < 4.78 is 4.72. The number of esters is 1. The van der Waals surface area contributed by atoms with Gasteiger partial charge in [0.2, 0.25) is 0 Å². The number of hydrogen-bond acceptors (Lipinski definition) is 4. The molecule has 1 amide bonds. The van der Waals surface area contributed by atoms with Crippen molar-refractivity contribution in [2.24, 2.45) is 0 Å². The number of aliphatic hydroxyl groups excluding tert-OH is 1. The van der Waals surface area contributed by atoms with Crippen LogP contribution in [0.5, 0.6) is 0 Å². The van der Waals surface area contributed by atoms with E-state index in [4.69, 9.17) is 4.74 Å². The first-order valence-corrected chi connectivity index (χ1v) is 7.22. The smallest absolute Gasteiger partial charge is 0.331 e. The van der Waals surface area contributed by atoms with E-state index in [1.165, 1.54) is 7.11 Å². The fourth-order valence-electron chi connectivity index (χ4n) is 2.31. The number of amides is 1. The van der Waals surface area contributed by atoms with Gasteiger partial charge in [-0.3, -0.25) is 4.79 Å². The molecule has 2 atom stereocenters. The lowest BCUT2D eigenvalue weighted by atomic mass is 9.97. The Balaban J connectivity index is 2.26. The first-order chi connectivity index (χ1) is 11.0. The van der Waals surface area contributed by atoms with Crippen LogP contribution in [0, 0.1) is 6.92 Å². The van der Waals surface area contributed by atoms with Crippen molar-refractivity contribution in [3.8, 4) is 0 Å². The van der Waals surface area contributed by atoms with E-state index in [1.54, 1.807) is 42.5 Å². The topological polar surface area (TPSA) is 75.6 Å². The van der Waals surface area contributed by atoms with E-state index in [2.05, 4.69) is 5.32 Å². The highest BCUT2D eigenvalue weighted by Gasteiger charge is 2.31. The van der Waals surface area contributed by atoms with E-state index >= 15 is 0 Å². The Bertz CT molecular complexity index is 684. The molecule has 0 aliphatic rings. The third-order valence-corrected chi connectivity index (χ3v) is 3.60. The van der Waals surface area contributed by atoms with Crippen molar-refractivity contribution < 1.29 is 19.4 Å². The average Bonchev–Trinajstić information content (AvgIpc) is 2.59. The predicted octanol–water partition coefficient (Wildman–Crippen LogP) is 2.00. The lowest BCUT2D eigenvalue weighted by Gasteiger charge is -2.23. The number of nitrogens with one attached hydrogen (secondary N) is 1. The van der Waals surface area contributed by atoms with Gasteiger partial charge in [0, 0.05) is 5.56 Å². The van der Waals surface area contributed by atoms with Crippen LogP contribution >= 0.6 is 0 Å². The number of ether oxygens (including phenoxy) is 1. The van der Waals surface area contributed by atoms with Crippen LogP contribution in [-0.2, 0) is 9.53 Å². The van der Waals surface area contributed by atoms with Crippen LogP contribution in [0.2, 0.25) is 0 Å². The highest BCUT2D eigenvalue weighted by atomic mass is 16.5. The lowest BCUT2D eigenvalue weighted by molar-refractivity contribution is -0.146. The van der Waals surface area contributed by atoms with Gasteiger partial charge in [-0.2, -0.15) is 0 Å². The molecule has 0 aromatic heterocycles. The molecule has 120 valence electrons. The van der Waals surface area contributed by atoms with E-state index in [-0.39, 0.29) is 0 Å². The largest absolute Gasteiger partial charge is 0.467 e. The van der Waals surface area contributed by atoms with Crippen LogP contribution in [0.15, 0.2) is 54.6 Å². The summed E-state index contributed by atoms with van der Waals surface area (Å²) in [4.78, 5) is 24.3. The fourth-order valence-corrected chi connectivity index (χ4v) is 2.31. The van der Waals surface area contributed by atoms with Crippen molar-refractivity contribution in [3.05, 3.63) is 71.3 Å². The average molecular weight is 313 g/mol. The van der Waals surface area contributed by atoms with E-state index in [1.807, 2.05) is 19.1 Å². The second kappa shape index (κ2) is 7.56. The van der Waals surface area contributed by atoms with E-state index in [9.17, 15) is 14.7 Å². The van der Waals surface area contributed by atoms with Crippen LogP contribution in [0.1, 0.15) is 27.6 Å². The number of carbonyl (C=O) groups excluding carboxylic acids is 2. The molecule has 0 radical (unpaired) electrons. The van der Waals surface area contributed by atoms with E-state index < -0.39 is 24.0 Å². The Morgan fingerprint density at radius 2 is 1.65 bits per heavy atom. The minimum absolute atomic E-state index is 0.401. The number of aryl methyl sites for hydroxylation is 1. The molecular formula is C18H19NO4. The highest BCUT2D eigenvalue weighted by molar-refractivity contribution is 5.96. The maximum Gasteiger partial charge on any atom is 0.331 e. The second-order valence-electron chi connectivity index (χ2n) is 5.14. The third-order valence-electron chi connectivity index (χ3n) is 3.60. The summed E-state index contributed by atoms with van der Waals surface area (Å²) in [5, 5.41) is 13.1. The Hall–Kier alpha value is -2.66. The molecule has 0 spiro atoms. The van der Waals surface area contributed by atoms with Crippen LogP contribution < -0.4 is 5.32 Å². The molecule has 2 aromatic carbocycles. The monoisotopic (exact) mass is 313 g/mol. The van der Waals surface area contributed by atoms with Gasteiger partial charge in [-0.05, 0) is 30.2 Å². The van der Waals surface area contributed by atoms with Crippen LogP contribution in [-0.4, -0.2) is 30.1 Å². The Kier molecular flexibility index (Phi) is 5.49. The molecular weight excluding hydrogens is 294 g/mol. The molecule has 0 aliphatic carbocycles. The minimum Gasteiger partial charge on any atom is -0.467 e. The number of rotatable bonds is 5. The zero-order chi connectivity index (χ0) is 16.8. The normalized spacial score (nSPS) is 13.0. The molecule has 5 nitrogen and oxygen atoms in total. The molecule has 23 heavy (non-hydrogen) atoms. The second-order valence-corrected chi connectivity index (χ2v) is 5.14. The number of aliphatic hydroxyl groups is 1. The molecule has 0 saturated heterocycles. The van der Waals surface area contributed by atoms with Crippen LogP contribution in [0.4, 0.5) is 0 Å². The first kappa shape index (κ1) is 16.7. The molecule has 2 N–H and O–H groups in total. The van der Waals surface area contributed by atoms with Crippen molar-refractivity contribution in [1.29, 1.82) is 0 Å². The van der Waals surface area contributed by atoms with Gasteiger partial charge in [-0.1, -0.05) is 42.5 Å². The van der Waals surface area contributed by atoms with Gasteiger partial charge >= 0.3 is 5.97 Å². The molecule has 2 aromatic rings. The standard InChI is InChI=1S/C18H19NO4/c1-12-8-6-7-11-14(12)16(20)15(18(22)23-2)19-17(21)13-9-4-3-5-10-13/h3-11,15-16,20H,1-2H3,(H,19,21)/t15-,16-/m0/s1. The van der Waals surface area contributed by atoms with Gasteiger partial charge in [-0.15, -0.1) is 0 Å². The number of benzene rings is 2. The van der Waals surface area contributed by atoms with Gasteiger partial charge in [0.05, 0.1) is 7.11 Å². The summed E-state index contributed by atoms with van der Waals surface area (Å²) in [6.07, 6.45) is -1.20. The molecule has 0 bridgehead atoms. The fraction of sp³-hybridized carbons (Fsp3) is 0.222. The Morgan fingerprint density at radius 3 is 2.26 bits per heavy atom. The predicted molar refractivity (Wildman–Crippen MR) is 85.9 cm³/mol. The molecule has 0 aliphatic heterocycles. The summed E-state index contributed by atoms with van der Waals surface area (Å²) in [5.41, 5.74) is 1.79. The van der Waals surface area contributed by atoms with Crippen molar-refractivity contribution in [2.45, 2.75) is 19.1 Å². The third kappa shape index (κ3) is 3.96. The summed E-state index contributed by atoms with van der Waals surface area (Å²) in [6, 6.07) is 14.4. The van der Waals surface area contributed by atoms with Gasteiger partial charge in [0.25, 0.3) is 5.91 Å². The number of hydrogen-bond donors (Lipinski definition) is 2. The quantitative estimate of drug-likeness (QED) is 0.828. The number of methoxy groups -OCH3 is 1. The summed E-state index contributed by atoms with van der Waals surface area (Å²) in [6.45, 7) is 1.83. The first-order valence-electron chi connectivity index (χ1n) is 7.22. The molecule has 0 heterocycles. The summed E-state index contributed by atoms with van der Waals surface area (Å²) >= 11 is 0. The maximum absolute atomic E-state index is 12.3. The zero-order valence-electron chi connectivity index (χ0n) is 13.0. The van der Waals surface area contributed by atoms with Crippen LogP contribution in [0.3, 0.4) is 0 Å². The maximum atomic E-state index is 12.3.